The van der Waals surface area contributed by atoms with E-state index in [1.807, 2.05) is 13.8 Å². The van der Waals surface area contributed by atoms with Gasteiger partial charge in [-0.3, -0.25) is 0 Å². The lowest BCUT2D eigenvalue weighted by Gasteiger charge is -2.07. The molecule has 0 aliphatic carbocycles. The Hall–Kier alpha value is -1.56. The Bertz CT molecular complexity index is 532. The first-order chi connectivity index (χ1) is 8.49. The van der Waals surface area contributed by atoms with Crippen LogP contribution in [0.5, 0.6) is 0 Å². The molecular formula is C12H18N4OS. The molecule has 6 heteroatoms. The van der Waals surface area contributed by atoms with Gasteiger partial charge in [-0.2, -0.15) is 9.36 Å². The fourth-order valence-corrected chi connectivity index (χ4v) is 2.53. The molecule has 5 nitrogen and oxygen atoms in total. The monoisotopic (exact) mass is 266 g/mol. The van der Waals surface area contributed by atoms with Crippen LogP contribution >= 0.6 is 11.5 Å². The summed E-state index contributed by atoms with van der Waals surface area (Å²) in [5, 5.41) is 0.756. The largest absolute Gasteiger partial charge is 0.443 e. The fourth-order valence-electron chi connectivity index (χ4n) is 1.89. The molecule has 0 fully saturated rings. The molecule has 0 saturated carbocycles. The maximum absolute atomic E-state index is 5.86. The van der Waals surface area contributed by atoms with Crippen molar-refractivity contribution in [2.75, 3.05) is 11.5 Å². The highest BCUT2D eigenvalue weighted by Gasteiger charge is 2.18. The van der Waals surface area contributed by atoms with Crippen LogP contribution in [-0.2, 0) is 6.42 Å². The summed E-state index contributed by atoms with van der Waals surface area (Å²) in [6.07, 6.45) is 2.49. The van der Waals surface area contributed by atoms with Crippen LogP contribution in [-0.4, -0.2) is 9.36 Å². The third kappa shape index (κ3) is 2.48. The number of aromatic nitrogens is 2. The first kappa shape index (κ1) is 12.9. The molecule has 0 radical (unpaired) electrons. The molecule has 1 unspecified atom stereocenters. The van der Waals surface area contributed by atoms with Gasteiger partial charge in [-0.1, -0.05) is 20.8 Å². The molecule has 0 aliphatic heterocycles. The summed E-state index contributed by atoms with van der Waals surface area (Å²) in [6, 6.07) is 0. The summed E-state index contributed by atoms with van der Waals surface area (Å²) in [4.78, 5) is 4.26. The lowest BCUT2D eigenvalue weighted by Crippen LogP contribution is -2.00. The smallest absolute Gasteiger partial charge is 0.197 e. The quantitative estimate of drug-likeness (QED) is 0.887. The molecule has 0 aromatic carbocycles. The van der Waals surface area contributed by atoms with Gasteiger partial charge in [-0.05, 0) is 17.5 Å². The van der Waals surface area contributed by atoms with Crippen molar-refractivity contribution in [1.82, 2.24) is 9.36 Å². The molecule has 0 spiro atoms. The van der Waals surface area contributed by atoms with Gasteiger partial charge in [0.2, 0.25) is 0 Å². The Morgan fingerprint density at radius 1 is 1.33 bits per heavy atom. The number of anilines is 2. The normalized spacial score (nSPS) is 13.1. The van der Waals surface area contributed by atoms with Crippen molar-refractivity contribution in [2.45, 2.75) is 39.0 Å². The third-order valence-corrected chi connectivity index (χ3v) is 3.53. The van der Waals surface area contributed by atoms with Gasteiger partial charge < -0.3 is 15.9 Å². The Morgan fingerprint density at radius 2 is 2.06 bits per heavy atom. The number of hydrogen-bond donors (Lipinski definition) is 2. The molecule has 2 aromatic heterocycles. The van der Waals surface area contributed by atoms with E-state index in [-0.39, 0.29) is 11.8 Å². The van der Waals surface area contributed by atoms with Gasteiger partial charge in [0.05, 0.1) is 0 Å². The molecule has 0 bridgehead atoms. The van der Waals surface area contributed by atoms with Crippen LogP contribution in [0.2, 0.25) is 0 Å². The van der Waals surface area contributed by atoms with Gasteiger partial charge in [0.1, 0.15) is 5.00 Å². The van der Waals surface area contributed by atoms with Crippen molar-refractivity contribution >= 4 is 22.4 Å². The summed E-state index contributed by atoms with van der Waals surface area (Å²) in [6.45, 7) is 6.14. The van der Waals surface area contributed by atoms with Crippen molar-refractivity contribution in [2.24, 2.45) is 0 Å². The van der Waals surface area contributed by atoms with Crippen molar-refractivity contribution in [3.63, 3.8) is 0 Å². The van der Waals surface area contributed by atoms with E-state index in [4.69, 9.17) is 15.9 Å². The van der Waals surface area contributed by atoms with Crippen LogP contribution in [0.25, 0.3) is 0 Å². The van der Waals surface area contributed by atoms with Gasteiger partial charge in [-0.15, -0.1) is 0 Å². The minimum absolute atomic E-state index is 0.224. The molecule has 2 aromatic rings. The van der Waals surface area contributed by atoms with Crippen molar-refractivity contribution < 1.29 is 4.42 Å². The van der Waals surface area contributed by atoms with Crippen LogP contribution in [0.15, 0.2) is 10.6 Å². The van der Waals surface area contributed by atoms with Gasteiger partial charge in [0.15, 0.2) is 17.5 Å². The molecule has 0 aliphatic rings. The summed E-state index contributed by atoms with van der Waals surface area (Å²) in [5.74, 6) is 2.38. The highest BCUT2D eigenvalue weighted by Crippen LogP contribution is 2.29. The maximum Gasteiger partial charge on any atom is 0.197 e. The summed E-state index contributed by atoms with van der Waals surface area (Å²) < 4.78 is 9.77. The minimum Gasteiger partial charge on any atom is -0.443 e. The fraction of sp³-hybridized carbons (Fsp3) is 0.500. The molecule has 4 N–H and O–H groups in total. The summed E-state index contributed by atoms with van der Waals surface area (Å²) in [5.41, 5.74) is 12.7. The Balaban J connectivity index is 2.15. The van der Waals surface area contributed by atoms with E-state index >= 15 is 0 Å². The zero-order chi connectivity index (χ0) is 13.3. The predicted octanol–water partition coefficient (Wildman–Crippen LogP) is 2.77. The minimum atomic E-state index is 0.224. The van der Waals surface area contributed by atoms with E-state index in [1.54, 1.807) is 6.20 Å². The summed E-state index contributed by atoms with van der Waals surface area (Å²) >= 11 is 1.31. The van der Waals surface area contributed by atoms with Crippen LogP contribution < -0.4 is 11.5 Å². The predicted molar refractivity (Wildman–Crippen MR) is 73.6 cm³/mol. The first-order valence-electron chi connectivity index (χ1n) is 5.94. The second-order valence-corrected chi connectivity index (χ2v) is 5.60. The zero-order valence-electron chi connectivity index (χ0n) is 10.8. The van der Waals surface area contributed by atoms with E-state index in [2.05, 4.69) is 16.3 Å². The highest BCUT2D eigenvalue weighted by molar-refractivity contribution is 7.10. The van der Waals surface area contributed by atoms with Crippen molar-refractivity contribution in [1.29, 1.82) is 0 Å². The molecule has 0 saturated heterocycles. The standard InChI is InChI=1S/C12H18N4OS/c1-6(2)10-11(13)16-9(17-10)4-7(3)8-5-15-18-12(8)14/h5-7H,4,13-14H2,1-3H3. The molecule has 18 heavy (non-hydrogen) atoms. The number of nitrogens with two attached hydrogens (primary N) is 2. The maximum atomic E-state index is 5.86. The van der Waals surface area contributed by atoms with E-state index in [0.717, 1.165) is 16.3 Å². The van der Waals surface area contributed by atoms with Crippen LogP contribution in [0.4, 0.5) is 10.8 Å². The lowest BCUT2D eigenvalue weighted by molar-refractivity contribution is 0.429. The number of oxazole rings is 1. The number of nitrogen functional groups attached to an aromatic ring is 2. The van der Waals surface area contributed by atoms with E-state index in [1.165, 1.54) is 11.5 Å². The van der Waals surface area contributed by atoms with Crippen molar-refractivity contribution in [3.8, 4) is 0 Å². The number of nitrogens with zero attached hydrogens (tertiary/aromatic N) is 2. The molecule has 0 amide bonds. The van der Waals surface area contributed by atoms with Gasteiger partial charge in [0, 0.05) is 24.1 Å². The van der Waals surface area contributed by atoms with Crippen LogP contribution in [0.3, 0.4) is 0 Å². The Morgan fingerprint density at radius 3 is 2.56 bits per heavy atom. The second kappa shape index (κ2) is 4.97. The topological polar surface area (TPSA) is 91.0 Å². The van der Waals surface area contributed by atoms with Gasteiger partial charge in [-0.25, -0.2) is 0 Å². The number of hydrogen-bond acceptors (Lipinski definition) is 6. The second-order valence-electron chi connectivity index (χ2n) is 4.76. The molecule has 1 atom stereocenters. The highest BCUT2D eigenvalue weighted by atomic mass is 32.1. The van der Waals surface area contributed by atoms with E-state index in [9.17, 15) is 0 Å². The average molecular weight is 266 g/mol. The lowest BCUT2D eigenvalue weighted by atomic mass is 10.0. The number of rotatable bonds is 4. The van der Waals surface area contributed by atoms with Gasteiger partial charge >= 0.3 is 0 Å². The Labute approximate surface area is 110 Å². The Kier molecular flexibility index (Phi) is 3.56. The van der Waals surface area contributed by atoms with Crippen molar-refractivity contribution in [3.05, 3.63) is 23.4 Å². The molecular weight excluding hydrogens is 248 g/mol. The first-order valence-corrected chi connectivity index (χ1v) is 6.71. The van der Waals surface area contributed by atoms with E-state index < -0.39 is 0 Å². The molecule has 2 rings (SSSR count). The van der Waals surface area contributed by atoms with Crippen LogP contribution in [0, 0.1) is 0 Å². The molecule has 98 valence electrons. The SMILES string of the molecule is CC(C)c1oc(CC(C)c2cnsc2N)nc1N. The summed E-state index contributed by atoms with van der Waals surface area (Å²) in [7, 11) is 0. The average Bonchev–Trinajstić information content (AvgIpc) is 2.84. The van der Waals surface area contributed by atoms with E-state index in [0.29, 0.717) is 18.1 Å². The zero-order valence-corrected chi connectivity index (χ0v) is 11.6. The third-order valence-electron chi connectivity index (χ3n) is 2.89. The van der Waals surface area contributed by atoms with Gasteiger partial charge in [0.25, 0.3) is 0 Å². The van der Waals surface area contributed by atoms with Crippen LogP contribution in [0.1, 0.15) is 49.8 Å². The molecule has 2 heterocycles.